The largest absolute Gasteiger partial charge is 0.509 e. The summed E-state index contributed by atoms with van der Waals surface area (Å²) in [6.45, 7) is 19.4. The number of ether oxygens (including phenoxy) is 9. The van der Waals surface area contributed by atoms with Crippen LogP contribution in [0.25, 0.3) is 0 Å². The molecule has 20 heteroatoms. The Morgan fingerprint density at radius 3 is 1.58 bits per heavy atom. The molecule has 0 spiro atoms. The highest BCUT2D eigenvalue weighted by Gasteiger charge is 2.53. The lowest BCUT2D eigenvalue weighted by Gasteiger charge is -2.47. The molecule has 96 heavy (non-hydrogen) atoms. The van der Waals surface area contributed by atoms with Gasteiger partial charge in [-0.05, 0) is 57.8 Å². The van der Waals surface area contributed by atoms with E-state index in [4.69, 9.17) is 56.2 Å². The van der Waals surface area contributed by atoms with Gasteiger partial charge in [0.2, 0.25) is 11.8 Å². The van der Waals surface area contributed by atoms with Gasteiger partial charge in [0.25, 0.3) is 0 Å². The van der Waals surface area contributed by atoms with Crippen molar-refractivity contribution in [2.45, 2.75) is 346 Å². The quantitative estimate of drug-likeness (QED) is 0.0190. The van der Waals surface area contributed by atoms with Gasteiger partial charge in [-0.1, -0.05) is 244 Å². The average molecular weight is 1380 g/mol. The highest BCUT2D eigenvalue weighted by Crippen LogP contribution is 2.52. The molecule has 2 amide bonds. The number of phosphoric acid groups is 1. The van der Waals surface area contributed by atoms with Gasteiger partial charge in [0.15, 0.2) is 12.4 Å². The second kappa shape index (κ2) is 60.4. The molecule has 0 aromatic carbocycles. The zero-order valence-corrected chi connectivity index (χ0v) is 62.0. The maximum absolute atomic E-state index is 14.7. The van der Waals surface area contributed by atoms with Crippen LogP contribution in [-0.2, 0) is 75.2 Å². The molecule has 558 valence electrons. The molecular weight excluding hydrogens is 1240 g/mol. The summed E-state index contributed by atoms with van der Waals surface area (Å²) in [7, 11) is -1.28. The van der Waals surface area contributed by atoms with E-state index in [1.54, 1.807) is 7.11 Å². The van der Waals surface area contributed by atoms with Crippen LogP contribution in [0, 0.1) is 0 Å². The normalized spacial score (nSPS) is 20.8. The number of ketones is 1. The summed E-state index contributed by atoms with van der Waals surface area (Å²) >= 11 is 0. The summed E-state index contributed by atoms with van der Waals surface area (Å²) in [5, 5.41) is 6.21. The van der Waals surface area contributed by atoms with Crippen molar-refractivity contribution < 1.29 is 79.9 Å². The van der Waals surface area contributed by atoms with Gasteiger partial charge in [0, 0.05) is 40.3 Å². The number of nitrogens with one attached hydrogen (secondary N) is 2. The molecule has 0 bridgehead atoms. The van der Waals surface area contributed by atoms with E-state index in [0.717, 1.165) is 128 Å². The van der Waals surface area contributed by atoms with Crippen LogP contribution in [-0.4, -0.2) is 152 Å². The number of hydrogen-bond acceptors (Lipinski definition) is 17. The Morgan fingerprint density at radius 2 is 1.03 bits per heavy atom. The highest BCUT2D eigenvalue weighted by molar-refractivity contribution is 7.48. The number of unbranched alkanes of at least 4 members (excludes halogenated alkanes) is 30. The smallest absolute Gasteiger partial charge is 0.430 e. The minimum atomic E-state index is -4.45. The number of carbonyl (C=O) groups excluding carboxylic acids is 4. The molecule has 0 aromatic heterocycles. The fourth-order valence-electron chi connectivity index (χ4n) is 12.2. The zero-order valence-electron chi connectivity index (χ0n) is 61.1. The molecule has 0 aliphatic carbocycles. The van der Waals surface area contributed by atoms with E-state index in [-0.39, 0.29) is 83.5 Å². The number of amides is 2. The Morgan fingerprint density at radius 1 is 0.521 bits per heavy atom. The minimum Gasteiger partial charge on any atom is -0.430 e. The van der Waals surface area contributed by atoms with Gasteiger partial charge >= 0.3 is 14.0 Å². The van der Waals surface area contributed by atoms with Crippen LogP contribution in [0.2, 0.25) is 0 Å². The summed E-state index contributed by atoms with van der Waals surface area (Å²) in [5.41, 5.74) is 0. The summed E-state index contributed by atoms with van der Waals surface area (Å²) in [6.07, 6.45) is 39.4. The molecule has 6 unspecified atom stereocenters. The third kappa shape index (κ3) is 42.7. The van der Waals surface area contributed by atoms with Crippen LogP contribution in [0.4, 0.5) is 4.79 Å². The van der Waals surface area contributed by atoms with Gasteiger partial charge < -0.3 is 53.3 Å². The summed E-state index contributed by atoms with van der Waals surface area (Å²) < 4.78 is 89.7. The lowest BCUT2D eigenvalue weighted by Crippen LogP contribution is -2.67. The monoisotopic (exact) mass is 1380 g/mol. The molecule has 0 aromatic rings. The molecule has 2 rings (SSSR count). The van der Waals surface area contributed by atoms with Gasteiger partial charge in [-0.25, -0.2) is 9.36 Å². The van der Waals surface area contributed by atoms with Gasteiger partial charge in [-0.15, -0.1) is 13.2 Å². The molecule has 2 N–H and O–H groups in total. The van der Waals surface area contributed by atoms with E-state index in [9.17, 15) is 23.7 Å². The van der Waals surface area contributed by atoms with Crippen molar-refractivity contribution >= 4 is 31.6 Å². The standard InChI is InChI=1S/C76H137N2O17P/c1-10-17-21-25-28-31-32-33-34-35-36-38-40-44-48-52-68(80)78-70-74(87-58-53-64(85-9)51-47-42-24-20-13-4)73(95-96(83,91-55-15-6)92-56-16-7)67(61-84-8)93-75(70)90-62-66-72(94-76(82)88-54-14-5)71(86-57-49-45-41-30-27-23-19-12-3)65(60-89-66)77-69(81)59-63(79)50-46-43-39-37-29-26-22-18-11-2/h14-16,31-32,64-67,70-75H,5-7,10-13,17-30,33-62H2,1-4,8-9H3,(H,77,81)(H,78,80)/b32-31-/t64?,65-,66?,67?,70+,71?,72+,73+,74?,75?/m0/s1. The van der Waals surface area contributed by atoms with Crippen molar-refractivity contribution in [1.82, 2.24) is 10.6 Å². The van der Waals surface area contributed by atoms with Crippen molar-refractivity contribution in [3.8, 4) is 0 Å². The van der Waals surface area contributed by atoms with Gasteiger partial charge in [0.05, 0.1) is 51.6 Å². The van der Waals surface area contributed by atoms with E-state index in [1.165, 1.54) is 109 Å². The van der Waals surface area contributed by atoms with E-state index < -0.39 is 74.9 Å². The van der Waals surface area contributed by atoms with Crippen LogP contribution in [0.15, 0.2) is 50.1 Å². The minimum absolute atomic E-state index is 0.101. The van der Waals surface area contributed by atoms with Gasteiger partial charge in [-0.2, -0.15) is 0 Å². The molecule has 2 saturated heterocycles. The van der Waals surface area contributed by atoms with E-state index in [0.29, 0.717) is 32.1 Å². The topological polar surface area (TPSA) is 220 Å². The van der Waals surface area contributed by atoms with Crippen LogP contribution in [0.5, 0.6) is 0 Å². The number of Topliss-reactive ketones (excluding diaryl/α,β-unsaturated/α-hetero) is 1. The van der Waals surface area contributed by atoms with Crippen LogP contribution in [0.1, 0.15) is 285 Å². The predicted molar refractivity (Wildman–Crippen MR) is 383 cm³/mol. The Kier molecular flexibility index (Phi) is 55.9. The number of carbonyl (C=O) groups is 4. The highest BCUT2D eigenvalue weighted by atomic mass is 31.2. The predicted octanol–water partition coefficient (Wildman–Crippen LogP) is 17.9. The molecule has 0 radical (unpaired) electrons. The Hall–Kier alpha value is -3.33. The second-order valence-electron chi connectivity index (χ2n) is 26.2. The summed E-state index contributed by atoms with van der Waals surface area (Å²) in [5.74, 6) is -0.951. The van der Waals surface area contributed by atoms with Gasteiger partial charge in [-0.3, -0.25) is 28.0 Å². The maximum Gasteiger partial charge on any atom is 0.509 e. The molecule has 10 atom stereocenters. The number of hydrogen-bond donors (Lipinski definition) is 2. The van der Waals surface area contributed by atoms with Crippen molar-refractivity contribution in [3.63, 3.8) is 0 Å². The summed E-state index contributed by atoms with van der Waals surface area (Å²) in [4.78, 5) is 55.3. The first kappa shape index (κ1) is 88.8. The molecule has 2 aliphatic heterocycles. The number of phosphoric ester groups is 1. The Balaban J connectivity index is 2.61. The van der Waals surface area contributed by atoms with E-state index >= 15 is 0 Å². The van der Waals surface area contributed by atoms with Crippen LogP contribution in [0.3, 0.4) is 0 Å². The number of rotatable bonds is 66. The first-order valence-electron chi connectivity index (χ1n) is 38.0. The van der Waals surface area contributed by atoms with E-state index in [2.05, 4.69) is 70.2 Å². The maximum atomic E-state index is 14.7. The fraction of sp³-hybridized carbons (Fsp3) is 0.842. The molecule has 0 saturated carbocycles. The Labute approximate surface area is 582 Å². The van der Waals surface area contributed by atoms with Crippen LogP contribution < -0.4 is 10.6 Å². The van der Waals surface area contributed by atoms with E-state index in [1.807, 2.05) is 0 Å². The average Bonchev–Trinajstić information content (AvgIpc) is 0.805. The Bertz CT molecular complexity index is 2030. The zero-order chi connectivity index (χ0) is 70.0. The molecule has 2 aliphatic rings. The second-order valence-corrected chi connectivity index (χ2v) is 27.8. The van der Waals surface area contributed by atoms with Crippen LogP contribution >= 0.6 is 7.82 Å². The molecule has 19 nitrogen and oxygen atoms in total. The molecule has 2 heterocycles. The third-order valence-electron chi connectivity index (χ3n) is 17.8. The molecular formula is C76H137N2O17P. The lowest BCUT2D eigenvalue weighted by atomic mass is 9.95. The summed E-state index contributed by atoms with van der Waals surface area (Å²) in [6, 6.07) is -2.00. The van der Waals surface area contributed by atoms with Crippen molar-refractivity contribution in [1.29, 1.82) is 0 Å². The van der Waals surface area contributed by atoms with Crippen molar-refractivity contribution in [3.05, 3.63) is 50.1 Å². The third-order valence-corrected chi connectivity index (χ3v) is 19.2. The molecule has 2 fully saturated rings. The SMILES string of the molecule is C=CCOC(=O)O[C@@H]1C(COC2OC(COC)[C@@H](OP(=O)(OCC=C)OCC=C)C(OCCC(CCCCCCC)OC)[C@H]2NC(=O)CCCCCCCCC/C=C\CCCCCC)OC[C@H](NC(=O)CC(=O)CCCCCCCCCCC)C1OCCCCCCCCCC. The lowest BCUT2D eigenvalue weighted by molar-refractivity contribution is -0.287. The van der Waals surface area contributed by atoms with Gasteiger partial charge in [0.1, 0.15) is 49.0 Å². The van der Waals surface area contributed by atoms with Crippen molar-refractivity contribution in [2.24, 2.45) is 0 Å². The first-order chi connectivity index (χ1) is 46.9. The first-order valence-corrected chi connectivity index (χ1v) is 39.5. The fourth-order valence-corrected chi connectivity index (χ4v) is 13.5. The number of allylic oxidation sites excluding steroid dienone is 2. The number of methoxy groups -OCH3 is 2. The van der Waals surface area contributed by atoms with Crippen molar-refractivity contribution in [2.75, 3.05) is 67.1 Å².